The highest BCUT2D eigenvalue weighted by Crippen LogP contribution is 2.49. The second-order valence-corrected chi connectivity index (χ2v) is 11.2. The fourth-order valence-electron chi connectivity index (χ4n) is 5.74. The van der Waals surface area contributed by atoms with Crippen molar-refractivity contribution in [3.05, 3.63) is 64.6 Å². The van der Waals surface area contributed by atoms with Gasteiger partial charge in [-0.2, -0.15) is 18.2 Å². The molecule has 3 atom stereocenters. The Kier molecular flexibility index (Phi) is 7.62. The minimum absolute atomic E-state index is 0.0181. The Balaban J connectivity index is 1.83. The monoisotopic (exact) mass is 594 g/mol. The summed E-state index contributed by atoms with van der Waals surface area (Å²) < 4.78 is 79.8. The molecule has 7 nitrogen and oxygen atoms in total. The Bertz CT molecular complexity index is 1600. The SMILES string of the molecule is C=CC(=O)N1[C@H](C)CN(c2nc(=O)n3c4c(c(-c5ccc(F)cc5F)c(C(F)(F)F)cc24)SCC(OC)C3)C[C@@H]1C. The van der Waals surface area contributed by atoms with E-state index in [9.17, 15) is 27.2 Å². The van der Waals surface area contributed by atoms with Crippen LogP contribution in [0.2, 0.25) is 0 Å². The molecule has 5 rings (SSSR count). The first-order valence-corrected chi connectivity index (χ1v) is 13.8. The highest BCUT2D eigenvalue weighted by molar-refractivity contribution is 7.99. The van der Waals surface area contributed by atoms with Gasteiger partial charge in [0.25, 0.3) is 0 Å². The minimum Gasteiger partial charge on any atom is -0.379 e. The van der Waals surface area contributed by atoms with Gasteiger partial charge < -0.3 is 14.5 Å². The molecular weight excluding hydrogens is 567 g/mol. The van der Waals surface area contributed by atoms with Crippen LogP contribution in [0.15, 0.2) is 46.6 Å². The van der Waals surface area contributed by atoms with Crippen LogP contribution < -0.4 is 10.6 Å². The number of rotatable bonds is 4. The van der Waals surface area contributed by atoms with E-state index in [2.05, 4.69) is 11.6 Å². The normalized spacial score (nSPS) is 21.2. The zero-order chi connectivity index (χ0) is 29.8. The lowest BCUT2D eigenvalue weighted by atomic mass is 9.95. The van der Waals surface area contributed by atoms with Crippen molar-refractivity contribution in [1.82, 2.24) is 14.5 Å². The van der Waals surface area contributed by atoms with E-state index in [0.29, 0.717) is 6.07 Å². The van der Waals surface area contributed by atoms with E-state index in [1.807, 2.05) is 0 Å². The number of amides is 1. The number of hydrogen-bond acceptors (Lipinski definition) is 6. The number of benzene rings is 2. The van der Waals surface area contributed by atoms with E-state index >= 15 is 4.39 Å². The van der Waals surface area contributed by atoms with Gasteiger partial charge in [0.2, 0.25) is 5.91 Å². The lowest BCUT2D eigenvalue weighted by Crippen LogP contribution is -2.58. The first-order valence-electron chi connectivity index (χ1n) is 12.8. The number of methoxy groups -OCH3 is 1. The molecule has 1 saturated heterocycles. The van der Waals surface area contributed by atoms with Crippen LogP contribution in [0.25, 0.3) is 22.0 Å². The Hall–Kier alpha value is -3.45. The molecule has 13 heteroatoms. The fraction of sp³-hybridized carbons (Fsp3) is 0.393. The van der Waals surface area contributed by atoms with Crippen LogP contribution in [0, 0.1) is 11.6 Å². The van der Waals surface area contributed by atoms with Crippen molar-refractivity contribution in [2.24, 2.45) is 0 Å². The van der Waals surface area contributed by atoms with Gasteiger partial charge in [0.05, 0.1) is 23.7 Å². The third kappa shape index (κ3) is 5.09. The van der Waals surface area contributed by atoms with Gasteiger partial charge in [0.15, 0.2) is 0 Å². The quantitative estimate of drug-likeness (QED) is 0.310. The number of carbonyl (C=O) groups excluding carboxylic acids is 1. The van der Waals surface area contributed by atoms with Gasteiger partial charge in [-0.15, -0.1) is 11.8 Å². The van der Waals surface area contributed by atoms with E-state index in [1.54, 1.807) is 23.6 Å². The Morgan fingerprint density at radius 1 is 1.15 bits per heavy atom. The molecule has 2 aromatic carbocycles. The standard InChI is InChI=1S/C28H27F5N4O3S/c1-5-22(38)37-14(2)10-35(11-15(37)3)26-19-9-20(28(31,32)33)23(18-7-6-16(29)8-21(18)30)25-24(19)36(27(39)34-26)12-17(40-4)13-41-25/h5-9,14-15,17H,1,10-13H2,2-4H3/t14-,15+,17?. The number of hydrogen-bond donors (Lipinski definition) is 0. The fourth-order valence-corrected chi connectivity index (χ4v) is 7.05. The lowest BCUT2D eigenvalue weighted by molar-refractivity contribution is -0.137. The lowest BCUT2D eigenvalue weighted by Gasteiger charge is -2.44. The summed E-state index contributed by atoms with van der Waals surface area (Å²) >= 11 is 1.02. The molecule has 0 spiro atoms. The van der Waals surface area contributed by atoms with Gasteiger partial charge in [-0.1, -0.05) is 6.58 Å². The maximum atomic E-state index is 15.1. The first-order chi connectivity index (χ1) is 19.3. The van der Waals surface area contributed by atoms with E-state index in [4.69, 9.17) is 4.74 Å². The number of piperazine rings is 1. The third-order valence-electron chi connectivity index (χ3n) is 7.49. The zero-order valence-electron chi connectivity index (χ0n) is 22.5. The van der Waals surface area contributed by atoms with Crippen LogP contribution in [0.3, 0.4) is 0 Å². The zero-order valence-corrected chi connectivity index (χ0v) is 23.3. The van der Waals surface area contributed by atoms with E-state index in [-0.39, 0.29) is 65.0 Å². The molecule has 2 aliphatic heterocycles. The van der Waals surface area contributed by atoms with E-state index in [0.717, 1.165) is 30.0 Å². The molecule has 3 heterocycles. The summed E-state index contributed by atoms with van der Waals surface area (Å²) in [5.41, 5.74) is -2.58. The number of aromatic nitrogens is 2. The van der Waals surface area contributed by atoms with Crippen molar-refractivity contribution in [2.75, 3.05) is 30.9 Å². The van der Waals surface area contributed by atoms with Crippen molar-refractivity contribution < 1.29 is 31.5 Å². The predicted octanol–water partition coefficient (Wildman–Crippen LogP) is 5.09. The smallest absolute Gasteiger partial charge is 0.379 e. The number of carbonyl (C=O) groups is 1. The average Bonchev–Trinajstić information content (AvgIpc) is 3.10. The Morgan fingerprint density at radius 3 is 2.41 bits per heavy atom. The largest absolute Gasteiger partial charge is 0.417 e. The molecule has 3 aromatic rings. The van der Waals surface area contributed by atoms with Crippen LogP contribution in [-0.2, 0) is 22.3 Å². The molecular formula is C28H27F5N4O3S. The second-order valence-electron chi connectivity index (χ2n) is 10.2. The van der Waals surface area contributed by atoms with Gasteiger partial charge in [0, 0.05) is 65.5 Å². The number of anilines is 1. The van der Waals surface area contributed by atoms with Crippen LogP contribution in [0.5, 0.6) is 0 Å². The van der Waals surface area contributed by atoms with Gasteiger partial charge in [-0.05, 0) is 38.1 Å². The first kappa shape index (κ1) is 29.1. The van der Waals surface area contributed by atoms with Crippen LogP contribution in [0.1, 0.15) is 19.4 Å². The Morgan fingerprint density at radius 2 is 1.83 bits per heavy atom. The van der Waals surface area contributed by atoms with E-state index < -0.39 is 46.3 Å². The molecule has 1 unspecified atom stereocenters. The summed E-state index contributed by atoms with van der Waals surface area (Å²) in [7, 11) is 1.43. The van der Waals surface area contributed by atoms with Gasteiger partial charge >= 0.3 is 11.9 Å². The minimum atomic E-state index is -4.93. The van der Waals surface area contributed by atoms with E-state index in [1.165, 1.54) is 17.8 Å². The summed E-state index contributed by atoms with van der Waals surface area (Å²) in [6.45, 7) is 7.55. The summed E-state index contributed by atoms with van der Waals surface area (Å²) in [5.74, 6) is -2.15. The highest BCUT2D eigenvalue weighted by atomic mass is 32.2. The van der Waals surface area contributed by atoms with Crippen LogP contribution in [0.4, 0.5) is 27.8 Å². The molecule has 0 N–H and O–H groups in total. The predicted molar refractivity (Wildman–Crippen MR) is 146 cm³/mol. The topological polar surface area (TPSA) is 67.7 Å². The molecule has 41 heavy (non-hydrogen) atoms. The number of alkyl halides is 3. The molecule has 0 radical (unpaired) electrons. The molecule has 0 aliphatic carbocycles. The summed E-state index contributed by atoms with van der Waals surface area (Å²) in [4.78, 5) is 33.5. The summed E-state index contributed by atoms with van der Waals surface area (Å²) in [5, 5.41) is 0.0605. The van der Waals surface area contributed by atoms with Crippen molar-refractivity contribution in [3.8, 4) is 11.1 Å². The van der Waals surface area contributed by atoms with Gasteiger partial charge in [-0.3, -0.25) is 9.36 Å². The molecule has 2 aliphatic rings. The van der Waals surface area contributed by atoms with Crippen LogP contribution in [-0.4, -0.2) is 64.5 Å². The number of thioether (sulfide) groups is 1. The van der Waals surface area contributed by atoms with Gasteiger partial charge in [-0.25, -0.2) is 13.6 Å². The third-order valence-corrected chi connectivity index (χ3v) is 8.71. The van der Waals surface area contributed by atoms with Gasteiger partial charge in [0.1, 0.15) is 17.5 Å². The van der Waals surface area contributed by atoms with Crippen molar-refractivity contribution in [3.63, 3.8) is 0 Å². The van der Waals surface area contributed by atoms with Crippen molar-refractivity contribution >= 4 is 34.4 Å². The molecule has 1 amide bonds. The number of nitrogens with zero attached hydrogens (tertiary/aromatic N) is 4. The Labute approximate surface area is 236 Å². The van der Waals surface area contributed by atoms with Crippen molar-refractivity contribution in [2.45, 2.75) is 49.7 Å². The molecule has 1 fully saturated rings. The van der Waals surface area contributed by atoms with Crippen LogP contribution >= 0.6 is 11.8 Å². The molecule has 218 valence electrons. The number of ether oxygens (including phenoxy) is 1. The number of halogens is 5. The maximum Gasteiger partial charge on any atom is 0.417 e. The molecule has 0 bridgehead atoms. The maximum absolute atomic E-state index is 15.1. The molecule has 0 saturated carbocycles. The highest BCUT2D eigenvalue weighted by Gasteiger charge is 2.40. The average molecular weight is 595 g/mol. The second kappa shape index (κ2) is 10.8. The van der Waals surface area contributed by atoms with Crippen molar-refractivity contribution in [1.29, 1.82) is 0 Å². The summed E-state index contributed by atoms with van der Waals surface area (Å²) in [6.07, 6.45) is -4.27. The summed E-state index contributed by atoms with van der Waals surface area (Å²) in [6, 6.07) is 2.57. The molecule has 1 aromatic heterocycles.